The lowest BCUT2D eigenvalue weighted by molar-refractivity contribution is 0.0973. The van der Waals surface area contributed by atoms with Gasteiger partial charge in [-0.2, -0.15) is 5.10 Å². The van der Waals surface area contributed by atoms with Gasteiger partial charge in [0.2, 0.25) is 0 Å². The summed E-state index contributed by atoms with van der Waals surface area (Å²) in [4.78, 5) is 28.6. The maximum atomic E-state index is 13.5. The third-order valence-corrected chi connectivity index (χ3v) is 5.59. The van der Waals surface area contributed by atoms with E-state index >= 15 is 0 Å². The summed E-state index contributed by atoms with van der Waals surface area (Å²) in [5.41, 5.74) is 4.63. The molecule has 7 nitrogen and oxygen atoms in total. The topological polar surface area (TPSA) is 78.7 Å². The highest BCUT2D eigenvalue weighted by atomic mass is 16.4. The number of carboxylic acid groups (broad SMARTS) is 1. The zero-order valence-electron chi connectivity index (χ0n) is 18.1. The standard InChI is InChI=1S/C22H30N4O3/c1-7-17-12-25(21(27)20-11-16(8-13(2)3)23-24(20)6)18-9-14(4)15(5)10-19(18)26(17)22(28)29/h9-11,13,17H,7-8,12H2,1-6H3,(H,28,29). The van der Waals surface area contributed by atoms with Crippen LogP contribution in [0.4, 0.5) is 16.2 Å². The molecule has 2 heterocycles. The van der Waals surface area contributed by atoms with Crippen LogP contribution >= 0.6 is 0 Å². The number of aromatic nitrogens is 2. The molecule has 0 fully saturated rings. The number of hydrogen-bond acceptors (Lipinski definition) is 3. The van der Waals surface area contributed by atoms with Gasteiger partial charge in [-0.1, -0.05) is 20.8 Å². The average Bonchev–Trinajstić information content (AvgIpc) is 3.00. The second kappa shape index (κ2) is 7.89. The Balaban J connectivity index is 2.09. The van der Waals surface area contributed by atoms with E-state index in [0.29, 0.717) is 36.0 Å². The van der Waals surface area contributed by atoms with Crippen molar-refractivity contribution in [2.75, 3.05) is 16.3 Å². The zero-order valence-corrected chi connectivity index (χ0v) is 18.1. The van der Waals surface area contributed by atoms with Crippen LogP contribution in [0.5, 0.6) is 0 Å². The summed E-state index contributed by atoms with van der Waals surface area (Å²) >= 11 is 0. The lowest BCUT2D eigenvalue weighted by atomic mass is 10.00. The second-order valence-electron chi connectivity index (χ2n) is 8.30. The molecule has 0 spiro atoms. The largest absolute Gasteiger partial charge is 0.465 e. The number of fused-ring (bicyclic) bond motifs is 1. The maximum absolute atomic E-state index is 13.5. The van der Waals surface area contributed by atoms with Crippen LogP contribution in [0.3, 0.4) is 0 Å². The SMILES string of the molecule is CCC1CN(C(=O)c2cc(CC(C)C)nn2C)c2cc(C)c(C)cc2N1C(=O)O. The highest BCUT2D eigenvalue weighted by molar-refractivity contribution is 6.09. The molecular weight excluding hydrogens is 368 g/mol. The first kappa shape index (κ1) is 20.9. The number of carbonyl (C=O) groups excluding carboxylic acids is 1. The van der Waals surface area contributed by atoms with Crippen LogP contribution in [0.2, 0.25) is 0 Å². The van der Waals surface area contributed by atoms with E-state index in [1.165, 1.54) is 4.90 Å². The van der Waals surface area contributed by atoms with Gasteiger partial charge in [0.1, 0.15) is 5.69 Å². The van der Waals surface area contributed by atoms with E-state index in [-0.39, 0.29) is 11.9 Å². The molecule has 2 amide bonds. The number of aryl methyl sites for hydroxylation is 3. The molecular formula is C22H30N4O3. The Bertz CT molecular complexity index is 948. The summed E-state index contributed by atoms with van der Waals surface area (Å²) in [7, 11) is 1.78. The van der Waals surface area contributed by atoms with E-state index in [1.54, 1.807) is 16.6 Å². The molecule has 29 heavy (non-hydrogen) atoms. The number of hydrogen-bond donors (Lipinski definition) is 1. The second-order valence-corrected chi connectivity index (χ2v) is 8.30. The minimum Gasteiger partial charge on any atom is -0.465 e. The average molecular weight is 399 g/mol. The Morgan fingerprint density at radius 1 is 1.17 bits per heavy atom. The van der Waals surface area contributed by atoms with Crippen molar-refractivity contribution in [3.05, 3.63) is 40.7 Å². The van der Waals surface area contributed by atoms with Gasteiger partial charge in [-0.15, -0.1) is 0 Å². The fourth-order valence-corrected chi connectivity index (χ4v) is 3.93. The van der Waals surface area contributed by atoms with E-state index in [4.69, 9.17) is 0 Å². The number of carbonyl (C=O) groups is 2. The van der Waals surface area contributed by atoms with Gasteiger partial charge in [0.25, 0.3) is 5.91 Å². The Kier molecular flexibility index (Phi) is 5.68. The van der Waals surface area contributed by atoms with Crippen molar-refractivity contribution in [3.63, 3.8) is 0 Å². The van der Waals surface area contributed by atoms with Crippen LogP contribution < -0.4 is 9.80 Å². The lowest BCUT2D eigenvalue weighted by Gasteiger charge is -2.41. The maximum Gasteiger partial charge on any atom is 0.412 e. The first-order valence-corrected chi connectivity index (χ1v) is 10.1. The summed E-state index contributed by atoms with van der Waals surface area (Å²) in [5, 5.41) is 14.3. The van der Waals surface area contributed by atoms with E-state index < -0.39 is 6.09 Å². The predicted octanol–water partition coefficient (Wildman–Crippen LogP) is 4.16. The first-order chi connectivity index (χ1) is 13.6. The molecule has 1 aliphatic heterocycles. The van der Waals surface area contributed by atoms with Crippen LogP contribution in [-0.2, 0) is 13.5 Å². The molecule has 1 aliphatic rings. The number of anilines is 2. The smallest absolute Gasteiger partial charge is 0.412 e. The van der Waals surface area contributed by atoms with Gasteiger partial charge >= 0.3 is 6.09 Å². The molecule has 3 rings (SSSR count). The number of benzene rings is 1. The minimum absolute atomic E-state index is 0.150. The third kappa shape index (κ3) is 3.86. The van der Waals surface area contributed by atoms with Crippen LogP contribution in [0, 0.1) is 19.8 Å². The predicted molar refractivity (Wildman–Crippen MR) is 114 cm³/mol. The molecule has 1 N–H and O–H groups in total. The van der Waals surface area contributed by atoms with E-state index in [9.17, 15) is 14.7 Å². The van der Waals surface area contributed by atoms with Gasteiger partial charge in [-0.25, -0.2) is 4.79 Å². The normalized spacial score (nSPS) is 16.3. The summed E-state index contributed by atoms with van der Waals surface area (Å²) in [6.07, 6.45) is 0.431. The van der Waals surface area contributed by atoms with Gasteiger partial charge in [-0.3, -0.25) is 14.4 Å². The van der Waals surface area contributed by atoms with Gasteiger partial charge < -0.3 is 10.0 Å². The summed E-state index contributed by atoms with van der Waals surface area (Å²) in [6.45, 7) is 10.4. The summed E-state index contributed by atoms with van der Waals surface area (Å²) in [6, 6.07) is 5.34. The van der Waals surface area contributed by atoms with Crippen LogP contribution in [0.25, 0.3) is 0 Å². The van der Waals surface area contributed by atoms with Crippen molar-refractivity contribution < 1.29 is 14.7 Å². The first-order valence-electron chi connectivity index (χ1n) is 10.1. The third-order valence-electron chi connectivity index (χ3n) is 5.59. The molecule has 0 saturated carbocycles. The fourth-order valence-electron chi connectivity index (χ4n) is 3.93. The summed E-state index contributed by atoms with van der Waals surface area (Å²) < 4.78 is 1.63. The highest BCUT2D eigenvalue weighted by Crippen LogP contribution is 2.39. The molecule has 0 bridgehead atoms. The number of amides is 2. The molecule has 1 atom stereocenters. The molecule has 0 aliphatic carbocycles. The molecule has 156 valence electrons. The summed E-state index contributed by atoms with van der Waals surface area (Å²) in [5.74, 6) is 0.297. The van der Waals surface area contributed by atoms with Crippen molar-refractivity contribution in [2.45, 2.75) is 53.5 Å². The van der Waals surface area contributed by atoms with Gasteiger partial charge in [-0.05, 0) is 61.9 Å². The van der Waals surface area contributed by atoms with Crippen LogP contribution in [0.1, 0.15) is 54.5 Å². The van der Waals surface area contributed by atoms with Crippen LogP contribution in [0.15, 0.2) is 18.2 Å². The molecule has 0 saturated heterocycles. The quantitative estimate of drug-likeness (QED) is 0.839. The highest BCUT2D eigenvalue weighted by Gasteiger charge is 2.37. The number of nitrogens with zero attached hydrogens (tertiary/aromatic N) is 4. The van der Waals surface area contributed by atoms with E-state index in [1.807, 2.05) is 39.0 Å². The Labute approximate surface area is 171 Å². The molecule has 1 unspecified atom stereocenters. The van der Waals surface area contributed by atoms with Crippen molar-refractivity contribution in [2.24, 2.45) is 13.0 Å². The van der Waals surface area contributed by atoms with E-state index in [2.05, 4.69) is 18.9 Å². The van der Waals surface area contributed by atoms with Crippen molar-refractivity contribution >= 4 is 23.4 Å². The van der Waals surface area contributed by atoms with Gasteiger partial charge in [0, 0.05) is 13.6 Å². The number of rotatable bonds is 4. The Morgan fingerprint density at radius 2 is 1.79 bits per heavy atom. The van der Waals surface area contributed by atoms with Crippen LogP contribution in [-0.4, -0.2) is 39.5 Å². The molecule has 7 heteroatoms. The van der Waals surface area contributed by atoms with Crippen molar-refractivity contribution in [3.8, 4) is 0 Å². The lowest BCUT2D eigenvalue weighted by Crippen LogP contribution is -2.53. The zero-order chi connectivity index (χ0) is 21.5. The Morgan fingerprint density at radius 3 is 2.34 bits per heavy atom. The molecule has 0 radical (unpaired) electrons. The monoisotopic (exact) mass is 398 g/mol. The molecule has 1 aromatic heterocycles. The fraction of sp³-hybridized carbons (Fsp3) is 0.500. The van der Waals surface area contributed by atoms with Crippen molar-refractivity contribution in [1.82, 2.24) is 9.78 Å². The van der Waals surface area contributed by atoms with E-state index in [0.717, 1.165) is 23.2 Å². The molecule has 1 aromatic carbocycles. The van der Waals surface area contributed by atoms with Crippen molar-refractivity contribution in [1.29, 1.82) is 0 Å². The van der Waals surface area contributed by atoms with Gasteiger partial charge in [0.05, 0.1) is 23.1 Å². The van der Waals surface area contributed by atoms with Gasteiger partial charge in [0.15, 0.2) is 0 Å². The minimum atomic E-state index is -0.992. The molecule has 2 aromatic rings. The Hall–Kier alpha value is -2.83.